The van der Waals surface area contributed by atoms with Crippen LogP contribution >= 0.6 is 0 Å². The molecular formula is C22H23F3N4O. The second kappa shape index (κ2) is 9.11. The molecule has 2 aromatic heterocycles. The van der Waals surface area contributed by atoms with Crippen LogP contribution in [0.2, 0.25) is 0 Å². The van der Waals surface area contributed by atoms with Crippen molar-refractivity contribution < 1.29 is 18.0 Å². The Morgan fingerprint density at radius 3 is 2.53 bits per heavy atom. The molecule has 0 N–H and O–H groups in total. The highest BCUT2D eigenvalue weighted by molar-refractivity contribution is 5.78. The summed E-state index contributed by atoms with van der Waals surface area (Å²) in [5.74, 6) is 0.227. The number of amides is 1. The predicted molar refractivity (Wildman–Crippen MR) is 106 cm³/mol. The van der Waals surface area contributed by atoms with Gasteiger partial charge in [-0.25, -0.2) is 4.98 Å². The molecule has 0 atom stereocenters. The third kappa shape index (κ3) is 5.25. The summed E-state index contributed by atoms with van der Waals surface area (Å²) in [5, 5.41) is 0. The van der Waals surface area contributed by atoms with E-state index in [1.807, 2.05) is 19.9 Å². The minimum absolute atomic E-state index is 0.0155. The number of carbonyl (C=O) groups is 1. The fourth-order valence-electron chi connectivity index (χ4n) is 3.21. The number of imidazole rings is 1. The number of hydrogen-bond acceptors (Lipinski definition) is 3. The Morgan fingerprint density at radius 2 is 1.87 bits per heavy atom. The zero-order valence-electron chi connectivity index (χ0n) is 16.8. The minimum Gasteiger partial charge on any atom is -0.331 e. The molecule has 5 nitrogen and oxygen atoms in total. The summed E-state index contributed by atoms with van der Waals surface area (Å²) in [6.45, 7) is 4.17. The first kappa shape index (κ1) is 21.5. The first-order valence-electron chi connectivity index (χ1n) is 9.58. The lowest BCUT2D eigenvalue weighted by atomic mass is 10.1. The lowest BCUT2D eigenvalue weighted by Gasteiger charge is -2.25. The maximum atomic E-state index is 13.3. The molecule has 0 bridgehead atoms. The van der Waals surface area contributed by atoms with Crippen molar-refractivity contribution in [2.75, 3.05) is 0 Å². The van der Waals surface area contributed by atoms with Gasteiger partial charge in [0.1, 0.15) is 5.82 Å². The van der Waals surface area contributed by atoms with Gasteiger partial charge in [0, 0.05) is 43.8 Å². The average Bonchev–Trinajstić information content (AvgIpc) is 3.14. The molecule has 0 radical (unpaired) electrons. The summed E-state index contributed by atoms with van der Waals surface area (Å²) in [5.41, 5.74) is 0.348. The molecule has 0 aliphatic rings. The molecule has 1 aromatic carbocycles. The number of hydrogen-bond donors (Lipinski definition) is 0. The molecule has 0 unspecified atom stereocenters. The maximum absolute atomic E-state index is 13.3. The molecule has 1 amide bonds. The second-order valence-electron chi connectivity index (χ2n) is 7.34. The van der Waals surface area contributed by atoms with Crippen molar-refractivity contribution in [3.8, 4) is 0 Å². The molecular weight excluding hydrogens is 393 g/mol. The molecule has 0 aliphatic heterocycles. The fourth-order valence-corrected chi connectivity index (χ4v) is 3.21. The SMILES string of the molecule is CC(C)C(=O)N(Cc1cccnc1)Cc1nccn1Cc1ccccc1C(F)(F)F. The standard InChI is InChI=1S/C22H23F3N4O/c1-16(2)21(30)29(13-17-6-5-9-26-12-17)15-20-27-10-11-28(20)14-18-7-3-4-8-19(18)22(23,24)25/h3-12,16H,13-15H2,1-2H3. The highest BCUT2D eigenvalue weighted by atomic mass is 19.4. The highest BCUT2D eigenvalue weighted by Crippen LogP contribution is 2.32. The molecule has 3 aromatic rings. The van der Waals surface area contributed by atoms with Gasteiger partial charge in [0.15, 0.2) is 0 Å². The summed E-state index contributed by atoms with van der Waals surface area (Å²) < 4.78 is 41.7. The number of pyridine rings is 1. The van der Waals surface area contributed by atoms with E-state index < -0.39 is 11.7 Å². The monoisotopic (exact) mass is 416 g/mol. The summed E-state index contributed by atoms with van der Waals surface area (Å²) in [6, 6.07) is 9.15. The van der Waals surface area contributed by atoms with E-state index in [0.29, 0.717) is 12.4 Å². The molecule has 0 aliphatic carbocycles. The number of halogens is 3. The second-order valence-corrected chi connectivity index (χ2v) is 7.34. The van der Waals surface area contributed by atoms with E-state index in [9.17, 15) is 18.0 Å². The summed E-state index contributed by atoms with van der Waals surface area (Å²) >= 11 is 0. The zero-order chi connectivity index (χ0) is 21.7. The van der Waals surface area contributed by atoms with Crippen molar-refractivity contribution in [2.24, 2.45) is 5.92 Å². The van der Waals surface area contributed by atoms with Gasteiger partial charge in [-0.05, 0) is 23.3 Å². The van der Waals surface area contributed by atoms with E-state index in [0.717, 1.165) is 11.6 Å². The van der Waals surface area contributed by atoms with Crippen molar-refractivity contribution in [1.29, 1.82) is 0 Å². The fraction of sp³-hybridized carbons (Fsp3) is 0.318. The maximum Gasteiger partial charge on any atom is 0.416 e. The third-order valence-electron chi connectivity index (χ3n) is 4.70. The molecule has 30 heavy (non-hydrogen) atoms. The van der Waals surface area contributed by atoms with Crippen LogP contribution in [0.1, 0.15) is 36.4 Å². The molecule has 2 heterocycles. The quantitative estimate of drug-likeness (QED) is 0.569. The van der Waals surface area contributed by atoms with E-state index in [-0.39, 0.29) is 30.5 Å². The Morgan fingerprint density at radius 1 is 1.10 bits per heavy atom. The predicted octanol–water partition coefficient (Wildman–Crippen LogP) is 4.53. The molecule has 0 saturated carbocycles. The number of aromatic nitrogens is 3. The topological polar surface area (TPSA) is 51.0 Å². The van der Waals surface area contributed by atoms with Crippen molar-refractivity contribution in [3.05, 3.63) is 83.7 Å². The van der Waals surface area contributed by atoms with E-state index in [4.69, 9.17) is 0 Å². The normalized spacial score (nSPS) is 11.7. The molecule has 0 fully saturated rings. The van der Waals surface area contributed by atoms with Gasteiger partial charge in [0.2, 0.25) is 5.91 Å². The van der Waals surface area contributed by atoms with E-state index in [2.05, 4.69) is 9.97 Å². The Bertz CT molecular complexity index is 983. The van der Waals surface area contributed by atoms with Crippen molar-refractivity contribution in [1.82, 2.24) is 19.4 Å². The van der Waals surface area contributed by atoms with E-state index >= 15 is 0 Å². The van der Waals surface area contributed by atoms with Gasteiger partial charge in [-0.2, -0.15) is 13.2 Å². The first-order chi connectivity index (χ1) is 14.3. The lowest BCUT2D eigenvalue weighted by molar-refractivity contribution is -0.138. The summed E-state index contributed by atoms with van der Waals surface area (Å²) in [4.78, 5) is 22.8. The van der Waals surface area contributed by atoms with Crippen molar-refractivity contribution >= 4 is 5.91 Å². The van der Waals surface area contributed by atoms with Crippen LogP contribution in [0.4, 0.5) is 13.2 Å². The van der Waals surface area contributed by atoms with Crippen LogP contribution in [0.25, 0.3) is 0 Å². The van der Waals surface area contributed by atoms with Crippen LogP contribution in [0.15, 0.2) is 61.2 Å². The van der Waals surface area contributed by atoms with Crippen LogP contribution < -0.4 is 0 Å². The molecule has 0 spiro atoms. The van der Waals surface area contributed by atoms with Gasteiger partial charge in [-0.3, -0.25) is 9.78 Å². The summed E-state index contributed by atoms with van der Waals surface area (Å²) in [7, 11) is 0. The largest absolute Gasteiger partial charge is 0.416 e. The Balaban J connectivity index is 1.85. The van der Waals surface area contributed by atoms with Gasteiger partial charge in [0.05, 0.1) is 12.1 Å². The summed E-state index contributed by atoms with van der Waals surface area (Å²) in [6.07, 6.45) is 2.07. The number of carbonyl (C=O) groups excluding carboxylic acids is 1. The van der Waals surface area contributed by atoms with Gasteiger partial charge < -0.3 is 9.47 Å². The number of rotatable bonds is 7. The molecule has 3 rings (SSSR count). The third-order valence-corrected chi connectivity index (χ3v) is 4.70. The smallest absolute Gasteiger partial charge is 0.331 e. The number of alkyl halides is 3. The highest BCUT2D eigenvalue weighted by Gasteiger charge is 2.33. The van der Waals surface area contributed by atoms with Crippen LogP contribution in [0.5, 0.6) is 0 Å². The van der Waals surface area contributed by atoms with Gasteiger partial charge >= 0.3 is 6.18 Å². The Labute approximate surface area is 173 Å². The van der Waals surface area contributed by atoms with Crippen LogP contribution in [0, 0.1) is 5.92 Å². The van der Waals surface area contributed by atoms with Crippen LogP contribution in [0.3, 0.4) is 0 Å². The van der Waals surface area contributed by atoms with Crippen LogP contribution in [-0.4, -0.2) is 25.3 Å². The van der Waals surface area contributed by atoms with E-state index in [1.54, 1.807) is 40.2 Å². The number of nitrogens with zero attached hydrogens (tertiary/aromatic N) is 4. The van der Waals surface area contributed by atoms with Gasteiger partial charge in [0.25, 0.3) is 0 Å². The van der Waals surface area contributed by atoms with Gasteiger partial charge in [-0.1, -0.05) is 38.1 Å². The first-order valence-corrected chi connectivity index (χ1v) is 9.58. The minimum atomic E-state index is -4.43. The lowest BCUT2D eigenvalue weighted by Crippen LogP contribution is -2.34. The molecule has 0 saturated heterocycles. The van der Waals surface area contributed by atoms with Crippen LogP contribution in [-0.2, 0) is 30.6 Å². The number of benzene rings is 1. The van der Waals surface area contributed by atoms with Crippen molar-refractivity contribution in [2.45, 2.75) is 39.7 Å². The van der Waals surface area contributed by atoms with E-state index in [1.165, 1.54) is 18.3 Å². The molecule has 8 heteroatoms. The molecule has 158 valence electrons. The zero-order valence-corrected chi connectivity index (χ0v) is 16.8. The van der Waals surface area contributed by atoms with Gasteiger partial charge in [-0.15, -0.1) is 0 Å². The average molecular weight is 416 g/mol. The Kier molecular flexibility index (Phi) is 6.54. The Hall–Kier alpha value is -3.16. The van der Waals surface area contributed by atoms with Crippen molar-refractivity contribution in [3.63, 3.8) is 0 Å².